The Morgan fingerprint density at radius 3 is 2.72 bits per heavy atom. The molecule has 0 aliphatic rings. The van der Waals surface area contributed by atoms with E-state index in [0.717, 1.165) is 11.1 Å². The van der Waals surface area contributed by atoms with E-state index in [0.29, 0.717) is 6.54 Å². The van der Waals surface area contributed by atoms with Crippen molar-refractivity contribution in [2.45, 2.75) is 32.9 Å². The van der Waals surface area contributed by atoms with E-state index in [1.807, 2.05) is 31.2 Å². The van der Waals surface area contributed by atoms with Gasteiger partial charge in [-0.25, -0.2) is 4.79 Å². The predicted octanol–water partition coefficient (Wildman–Crippen LogP) is 1.66. The summed E-state index contributed by atoms with van der Waals surface area (Å²) >= 11 is 0. The minimum absolute atomic E-state index is 0.0855. The lowest BCUT2D eigenvalue weighted by Crippen LogP contribution is -2.41. The van der Waals surface area contributed by atoms with Crippen LogP contribution in [0.3, 0.4) is 0 Å². The standard InChI is InChI=1S/C13H18N2O3/c1-9-4-3-5-11(6-9)8-14-13(18)15-10(2)7-12(16)17/h3-6,10H,7-8H2,1-2H3,(H,16,17)(H2,14,15,18). The fourth-order valence-corrected chi connectivity index (χ4v) is 1.59. The van der Waals surface area contributed by atoms with Gasteiger partial charge in [0, 0.05) is 12.6 Å². The van der Waals surface area contributed by atoms with Crippen molar-refractivity contribution in [1.82, 2.24) is 10.6 Å². The molecule has 0 bridgehead atoms. The van der Waals surface area contributed by atoms with Crippen LogP contribution in [0.1, 0.15) is 24.5 Å². The molecule has 5 nitrogen and oxygen atoms in total. The number of urea groups is 1. The molecule has 1 aromatic rings. The fourth-order valence-electron chi connectivity index (χ4n) is 1.59. The van der Waals surface area contributed by atoms with Crippen LogP contribution in [0.5, 0.6) is 0 Å². The summed E-state index contributed by atoms with van der Waals surface area (Å²) in [5.41, 5.74) is 2.14. The van der Waals surface area contributed by atoms with Gasteiger partial charge in [-0.15, -0.1) is 0 Å². The maximum absolute atomic E-state index is 11.5. The first-order valence-electron chi connectivity index (χ1n) is 5.79. The van der Waals surface area contributed by atoms with Crippen LogP contribution in [0.2, 0.25) is 0 Å². The van der Waals surface area contributed by atoms with Crippen molar-refractivity contribution in [3.63, 3.8) is 0 Å². The van der Waals surface area contributed by atoms with Gasteiger partial charge < -0.3 is 15.7 Å². The van der Waals surface area contributed by atoms with Gasteiger partial charge in [0.2, 0.25) is 0 Å². The molecule has 0 aromatic heterocycles. The number of hydrogen-bond acceptors (Lipinski definition) is 2. The Kier molecular flexibility index (Phi) is 5.17. The molecule has 0 spiro atoms. The van der Waals surface area contributed by atoms with Gasteiger partial charge in [0.25, 0.3) is 0 Å². The summed E-state index contributed by atoms with van der Waals surface area (Å²) in [6.45, 7) is 4.06. The Morgan fingerprint density at radius 1 is 1.39 bits per heavy atom. The summed E-state index contributed by atoms with van der Waals surface area (Å²) in [6.07, 6.45) is -0.0855. The van der Waals surface area contributed by atoms with Crippen LogP contribution >= 0.6 is 0 Å². The Balaban J connectivity index is 2.35. The topological polar surface area (TPSA) is 78.4 Å². The summed E-state index contributed by atoms with van der Waals surface area (Å²) in [5.74, 6) is -0.929. The van der Waals surface area contributed by atoms with Crippen LogP contribution in [0.25, 0.3) is 0 Å². The molecule has 0 saturated heterocycles. The second-order valence-electron chi connectivity index (χ2n) is 4.31. The molecule has 0 radical (unpaired) electrons. The molecule has 3 N–H and O–H groups in total. The van der Waals surface area contributed by atoms with Crippen molar-refractivity contribution in [1.29, 1.82) is 0 Å². The minimum Gasteiger partial charge on any atom is -0.481 e. The number of amides is 2. The van der Waals surface area contributed by atoms with Crippen LogP contribution in [0.4, 0.5) is 4.79 Å². The molecule has 1 aromatic carbocycles. The lowest BCUT2D eigenvalue weighted by atomic mass is 10.1. The summed E-state index contributed by atoms with van der Waals surface area (Å²) in [6, 6.07) is 7.08. The van der Waals surface area contributed by atoms with Crippen molar-refractivity contribution in [2.24, 2.45) is 0 Å². The molecule has 98 valence electrons. The average molecular weight is 250 g/mol. The number of aryl methyl sites for hydroxylation is 1. The zero-order valence-corrected chi connectivity index (χ0v) is 10.6. The first-order chi connectivity index (χ1) is 8.47. The van der Waals surface area contributed by atoms with E-state index in [9.17, 15) is 9.59 Å². The van der Waals surface area contributed by atoms with Gasteiger partial charge in [0.15, 0.2) is 0 Å². The molecule has 5 heteroatoms. The Bertz CT molecular complexity index is 432. The van der Waals surface area contributed by atoms with E-state index < -0.39 is 5.97 Å². The monoisotopic (exact) mass is 250 g/mol. The summed E-state index contributed by atoms with van der Waals surface area (Å²) < 4.78 is 0. The van der Waals surface area contributed by atoms with Gasteiger partial charge in [-0.05, 0) is 19.4 Å². The van der Waals surface area contributed by atoms with E-state index in [1.165, 1.54) is 0 Å². The molecule has 1 rings (SSSR count). The molecule has 0 aliphatic carbocycles. The average Bonchev–Trinajstić information content (AvgIpc) is 2.25. The van der Waals surface area contributed by atoms with Gasteiger partial charge in [-0.1, -0.05) is 29.8 Å². The fraction of sp³-hybridized carbons (Fsp3) is 0.385. The number of carbonyl (C=O) groups excluding carboxylic acids is 1. The number of carbonyl (C=O) groups is 2. The first-order valence-corrected chi connectivity index (χ1v) is 5.79. The Morgan fingerprint density at radius 2 is 2.11 bits per heavy atom. The number of rotatable bonds is 5. The molecule has 0 saturated carbocycles. The molecule has 1 unspecified atom stereocenters. The summed E-state index contributed by atoms with van der Waals surface area (Å²) in [5, 5.41) is 13.8. The number of hydrogen-bond donors (Lipinski definition) is 3. The third-order valence-electron chi connectivity index (χ3n) is 2.39. The molecule has 0 heterocycles. The van der Waals surface area contributed by atoms with E-state index >= 15 is 0 Å². The van der Waals surface area contributed by atoms with Gasteiger partial charge in [-0.2, -0.15) is 0 Å². The zero-order chi connectivity index (χ0) is 13.5. The maximum Gasteiger partial charge on any atom is 0.315 e. The SMILES string of the molecule is Cc1cccc(CNC(=O)NC(C)CC(=O)O)c1. The molecule has 2 amide bonds. The normalized spacial score (nSPS) is 11.7. The van der Waals surface area contributed by atoms with Crippen molar-refractivity contribution in [2.75, 3.05) is 0 Å². The van der Waals surface area contributed by atoms with E-state index in [-0.39, 0.29) is 18.5 Å². The van der Waals surface area contributed by atoms with Crippen LogP contribution in [-0.4, -0.2) is 23.1 Å². The number of aliphatic carboxylic acids is 1. The second kappa shape index (κ2) is 6.64. The maximum atomic E-state index is 11.5. The van der Waals surface area contributed by atoms with Crippen molar-refractivity contribution >= 4 is 12.0 Å². The Labute approximate surface area is 106 Å². The third kappa shape index (κ3) is 5.34. The number of benzene rings is 1. The smallest absolute Gasteiger partial charge is 0.315 e. The summed E-state index contributed by atoms with van der Waals surface area (Å²) in [7, 11) is 0. The first kappa shape index (κ1) is 14.0. The van der Waals surface area contributed by atoms with Gasteiger partial charge >= 0.3 is 12.0 Å². The van der Waals surface area contributed by atoms with Crippen LogP contribution in [0.15, 0.2) is 24.3 Å². The van der Waals surface area contributed by atoms with Crippen molar-refractivity contribution in [3.05, 3.63) is 35.4 Å². The molecular weight excluding hydrogens is 232 g/mol. The minimum atomic E-state index is -0.929. The molecule has 18 heavy (non-hydrogen) atoms. The van der Waals surface area contributed by atoms with Gasteiger partial charge in [-0.3, -0.25) is 4.79 Å². The highest BCUT2D eigenvalue weighted by Gasteiger charge is 2.10. The number of nitrogens with one attached hydrogen (secondary N) is 2. The third-order valence-corrected chi connectivity index (χ3v) is 2.39. The second-order valence-corrected chi connectivity index (χ2v) is 4.31. The molecule has 1 atom stereocenters. The van der Waals surface area contributed by atoms with Gasteiger partial charge in [0.05, 0.1) is 6.42 Å². The quantitative estimate of drug-likeness (QED) is 0.743. The predicted molar refractivity (Wildman–Crippen MR) is 68.3 cm³/mol. The highest BCUT2D eigenvalue weighted by atomic mass is 16.4. The number of carboxylic acid groups (broad SMARTS) is 1. The van der Waals surface area contributed by atoms with Gasteiger partial charge in [0.1, 0.15) is 0 Å². The van der Waals surface area contributed by atoms with E-state index in [2.05, 4.69) is 10.6 Å². The van der Waals surface area contributed by atoms with Crippen molar-refractivity contribution < 1.29 is 14.7 Å². The van der Waals surface area contributed by atoms with Crippen molar-refractivity contribution in [3.8, 4) is 0 Å². The summed E-state index contributed by atoms with van der Waals surface area (Å²) in [4.78, 5) is 21.9. The Hall–Kier alpha value is -2.04. The number of carboxylic acids is 1. The lowest BCUT2D eigenvalue weighted by Gasteiger charge is -2.12. The molecule has 0 fully saturated rings. The zero-order valence-electron chi connectivity index (χ0n) is 10.6. The van der Waals surface area contributed by atoms with Crippen LogP contribution < -0.4 is 10.6 Å². The lowest BCUT2D eigenvalue weighted by molar-refractivity contribution is -0.137. The van der Waals surface area contributed by atoms with Crippen LogP contribution in [0, 0.1) is 6.92 Å². The molecular formula is C13H18N2O3. The van der Waals surface area contributed by atoms with Crippen LogP contribution in [-0.2, 0) is 11.3 Å². The highest BCUT2D eigenvalue weighted by Crippen LogP contribution is 2.03. The largest absolute Gasteiger partial charge is 0.481 e. The molecule has 0 aliphatic heterocycles. The van der Waals surface area contributed by atoms with E-state index in [4.69, 9.17) is 5.11 Å². The van der Waals surface area contributed by atoms with E-state index in [1.54, 1.807) is 6.92 Å². The highest BCUT2D eigenvalue weighted by molar-refractivity contribution is 5.75.